The standard InChI is InChI=1S/C20H21N3O4S/c24-19(15-7-10-18(21-13-15)27-17-3-1-2-4-17)22-11-12-28-20(22)14-5-8-16(9-6-14)23(25)26/h5-10,13,17,20H,1-4,11-12H2. The third kappa shape index (κ3) is 3.96. The summed E-state index contributed by atoms with van der Waals surface area (Å²) >= 11 is 1.66. The zero-order chi connectivity index (χ0) is 19.5. The maximum absolute atomic E-state index is 13.0. The topological polar surface area (TPSA) is 85.6 Å². The number of amides is 1. The summed E-state index contributed by atoms with van der Waals surface area (Å²) in [7, 11) is 0. The van der Waals surface area contributed by atoms with Crippen molar-refractivity contribution >= 4 is 23.4 Å². The van der Waals surface area contributed by atoms with Gasteiger partial charge in [-0.25, -0.2) is 4.98 Å². The lowest BCUT2D eigenvalue weighted by molar-refractivity contribution is -0.384. The van der Waals surface area contributed by atoms with Gasteiger partial charge in [0.2, 0.25) is 5.88 Å². The molecule has 1 amide bonds. The number of hydrogen-bond acceptors (Lipinski definition) is 6. The molecular weight excluding hydrogens is 378 g/mol. The minimum Gasteiger partial charge on any atom is -0.474 e. The summed E-state index contributed by atoms with van der Waals surface area (Å²) < 4.78 is 5.86. The molecule has 2 fully saturated rings. The number of carbonyl (C=O) groups excluding carboxylic acids is 1. The highest BCUT2D eigenvalue weighted by molar-refractivity contribution is 7.99. The molecule has 2 aliphatic rings. The first kappa shape index (κ1) is 18.7. The summed E-state index contributed by atoms with van der Waals surface area (Å²) in [6, 6.07) is 9.92. The van der Waals surface area contributed by atoms with Crippen LogP contribution in [0.5, 0.6) is 5.88 Å². The van der Waals surface area contributed by atoms with Gasteiger partial charge in [0.25, 0.3) is 11.6 Å². The first-order valence-electron chi connectivity index (χ1n) is 9.41. The third-order valence-electron chi connectivity index (χ3n) is 5.11. The average Bonchev–Trinajstić information content (AvgIpc) is 3.40. The van der Waals surface area contributed by atoms with Crippen molar-refractivity contribution in [3.63, 3.8) is 0 Å². The van der Waals surface area contributed by atoms with Gasteiger partial charge in [0, 0.05) is 36.7 Å². The lowest BCUT2D eigenvalue weighted by Gasteiger charge is -2.24. The highest BCUT2D eigenvalue weighted by Crippen LogP contribution is 2.39. The number of ether oxygens (including phenoxy) is 1. The van der Waals surface area contributed by atoms with E-state index in [1.165, 1.54) is 25.0 Å². The van der Waals surface area contributed by atoms with Crippen LogP contribution in [-0.4, -0.2) is 39.1 Å². The number of nitro groups is 1. The smallest absolute Gasteiger partial charge is 0.269 e. The molecule has 0 bridgehead atoms. The fourth-order valence-corrected chi connectivity index (χ4v) is 4.89. The number of pyridine rings is 1. The van der Waals surface area contributed by atoms with E-state index in [1.54, 1.807) is 47.1 Å². The maximum atomic E-state index is 13.0. The van der Waals surface area contributed by atoms with Crippen LogP contribution in [-0.2, 0) is 0 Å². The highest BCUT2D eigenvalue weighted by atomic mass is 32.2. The van der Waals surface area contributed by atoms with Crippen LogP contribution in [0.3, 0.4) is 0 Å². The van der Waals surface area contributed by atoms with E-state index in [4.69, 9.17) is 4.74 Å². The Morgan fingerprint density at radius 1 is 1.18 bits per heavy atom. The van der Waals surface area contributed by atoms with Gasteiger partial charge in [-0.3, -0.25) is 14.9 Å². The van der Waals surface area contributed by atoms with E-state index in [9.17, 15) is 14.9 Å². The summed E-state index contributed by atoms with van der Waals surface area (Å²) in [6.45, 7) is 0.630. The molecule has 1 aromatic carbocycles. The van der Waals surface area contributed by atoms with Crippen LogP contribution < -0.4 is 4.74 Å². The quantitative estimate of drug-likeness (QED) is 0.553. The average molecular weight is 399 g/mol. The third-order valence-corrected chi connectivity index (χ3v) is 6.37. The largest absolute Gasteiger partial charge is 0.474 e. The molecule has 1 saturated carbocycles. The van der Waals surface area contributed by atoms with Crippen molar-refractivity contribution in [2.75, 3.05) is 12.3 Å². The van der Waals surface area contributed by atoms with Gasteiger partial charge in [-0.1, -0.05) is 0 Å². The van der Waals surface area contributed by atoms with Crippen molar-refractivity contribution in [3.8, 4) is 5.88 Å². The zero-order valence-electron chi connectivity index (χ0n) is 15.3. The molecule has 28 heavy (non-hydrogen) atoms. The SMILES string of the molecule is O=C(c1ccc(OC2CCCC2)nc1)N1CCSC1c1ccc([N+](=O)[O-])cc1. The van der Waals surface area contributed by atoms with E-state index in [0.29, 0.717) is 18.0 Å². The molecular formula is C20H21N3O4S. The van der Waals surface area contributed by atoms with Gasteiger partial charge in [0.15, 0.2) is 0 Å². The van der Waals surface area contributed by atoms with E-state index in [0.717, 1.165) is 24.2 Å². The molecule has 7 nitrogen and oxygen atoms in total. The molecule has 4 rings (SSSR count). The molecule has 0 radical (unpaired) electrons. The number of rotatable bonds is 5. The molecule has 8 heteroatoms. The van der Waals surface area contributed by atoms with Gasteiger partial charge in [-0.05, 0) is 49.4 Å². The van der Waals surface area contributed by atoms with E-state index in [1.807, 2.05) is 0 Å². The number of non-ortho nitro benzene ring substituents is 1. The normalized spacial score (nSPS) is 19.7. The highest BCUT2D eigenvalue weighted by Gasteiger charge is 2.31. The van der Waals surface area contributed by atoms with E-state index in [2.05, 4.69) is 4.98 Å². The van der Waals surface area contributed by atoms with Gasteiger partial charge >= 0.3 is 0 Å². The fraction of sp³-hybridized carbons (Fsp3) is 0.400. The van der Waals surface area contributed by atoms with Gasteiger partial charge in [0.05, 0.1) is 10.5 Å². The predicted octanol–water partition coefficient (Wildman–Crippen LogP) is 4.20. The zero-order valence-corrected chi connectivity index (χ0v) is 16.1. The van der Waals surface area contributed by atoms with Gasteiger partial charge in [-0.15, -0.1) is 11.8 Å². The molecule has 1 unspecified atom stereocenters. The van der Waals surface area contributed by atoms with Crippen molar-refractivity contribution in [1.29, 1.82) is 0 Å². The number of thioether (sulfide) groups is 1. The molecule has 0 spiro atoms. The lowest BCUT2D eigenvalue weighted by Crippen LogP contribution is -2.30. The van der Waals surface area contributed by atoms with E-state index >= 15 is 0 Å². The van der Waals surface area contributed by atoms with Crippen LogP contribution >= 0.6 is 11.8 Å². The first-order chi connectivity index (χ1) is 13.6. The molecule has 0 N–H and O–H groups in total. The second-order valence-corrected chi connectivity index (χ2v) is 8.17. The molecule has 1 atom stereocenters. The van der Waals surface area contributed by atoms with Crippen LogP contribution in [0.4, 0.5) is 5.69 Å². The van der Waals surface area contributed by atoms with Crippen molar-refractivity contribution in [1.82, 2.24) is 9.88 Å². The maximum Gasteiger partial charge on any atom is 0.269 e. The van der Waals surface area contributed by atoms with Gasteiger partial charge < -0.3 is 9.64 Å². The van der Waals surface area contributed by atoms with Crippen LogP contribution in [0, 0.1) is 10.1 Å². The van der Waals surface area contributed by atoms with Gasteiger partial charge in [-0.2, -0.15) is 0 Å². The van der Waals surface area contributed by atoms with Crippen molar-refractivity contribution in [3.05, 3.63) is 63.8 Å². The van der Waals surface area contributed by atoms with Crippen LogP contribution in [0.15, 0.2) is 42.6 Å². The molecule has 1 aliphatic carbocycles. The lowest BCUT2D eigenvalue weighted by atomic mass is 10.1. The summed E-state index contributed by atoms with van der Waals surface area (Å²) in [5.74, 6) is 1.29. The Morgan fingerprint density at radius 3 is 2.57 bits per heavy atom. The number of aromatic nitrogens is 1. The first-order valence-corrected chi connectivity index (χ1v) is 10.5. The number of nitrogens with zero attached hydrogens (tertiary/aromatic N) is 3. The van der Waals surface area contributed by atoms with E-state index < -0.39 is 4.92 Å². The van der Waals surface area contributed by atoms with Crippen molar-refractivity contribution in [2.24, 2.45) is 0 Å². The number of carbonyl (C=O) groups is 1. The minimum absolute atomic E-state index is 0.0478. The Bertz CT molecular complexity index is 851. The second kappa shape index (κ2) is 8.18. The monoisotopic (exact) mass is 399 g/mol. The molecule has 146 valence electrons. The molecule has 1 aliphatic heterocycles. The molecule has 2 heterocycles. The Kier molecular flexibility index (Phi) is 5.47. The van der Waals surface area contributed by atoms with Crippen molar-refractivity contribution < 1.29 is 14.5 Å². The van der Waals surface area contributed by atoms with E-state index in [-0.39, 0.29) is 23.1 Å². The summed E-state index contributed by atoms with van der Waals surface area (Å²) in [6.07, 6.45) is 6.31. The summed E-state index contributed by atoms with van der Waals surface area (Å²) in [5, 5.41) is 10.7. The second-order valence-electron chi connectivity index (χ2n) is 6.98. The summed E-state index contributed by atoms with van der Waals surface area (Å²) in [4.78, 5) is 29.5. The molecule has 2 aromatic rings. The summed E-state index contributed by atoms with van der Waals surface area (Å²) in [5.41, 5.74) is 1.45. The minimum atomic E-state index is -0.421. The Morgan fingerprint density at radius 2 is 1.93 bits per heavy atom. The van der Waals surface area contributed by atoms with Crippen LogP contribution in [0.2, 0.25) is 0 Å². The predicted molar refractivity (Wildman–Crippen MR) is 106 cm³/mol. The van der Waals surface area contributed by atoms with Crippen LogP contribution in [0.25, 0.3) is 0 Å². The van der Waals surface area contributed by atoms with Gasteiger partial charge in [0.1, 0.15) is 11.5 Å². The number of hydrogen-bond donors (Lipinski definition) is 0. The van der Waals surface area contributed by atoms with Crippen LogP contribution in [0.1, 0.15) is 47.0 Å². The Balaban J connectivity index is 1.46. The molecule has 1 aromatic heterocycles. The number of nitro benzene ring substituents is 1. The Labute approximate surface area is 167 Å². The fourth-order valence-electron chi connectivity index (χ4n) is 3.63. The Hall–Kier alpha value is -2.61. The van der Waals surface area contributed by atoms with Crippen molar-refractivity contribution in [2.45, 2.75) is 37.2 Å². The molecule has 1 saturated heterocycles. The number of benzene rings is 1.